The van der Waals surface area contributed by atoms with Gasteiger partial charge in [-0.1, -0.05) is 0 Å². The van der Waals surface area contributed by atoms with Gasteiger partial charge in [-0.3, -0.25) is 4.90 Å². The van der Waals surface area contributed by atoms with Crippen LogP contribution in [0.25, 0.3) is 0 Å². The Labute approximate surface area is 111 Å². The minimum atomic E-state index is -1.10. The standard InChI is InChI=1S/C11H20N4O4/c1-6(12)11(13)2-3-15(10(18)14-11)9-4-7(17)8(5-16)19-9/h2-3,6-9,16-17H,4-5,12-13H2,1H3,(H,14,18)/t6?,7-,8+,9+,11?/m0/s1. The summed E-state index contributed by atoms with van der Waals surface area (Å²) >= 11 is 0. The molecule has 7 N–H and O–H groups in total. The van der Waals surface area contributed by atoms with Crippen LogP contribution < -0.4 is 16.8 Å². The lowest BCUT2D eigenvalue weighted by molar-refractivity contribution is -0.0549. The summed E-state index contributed by atoms with van der Waals surface area (Å²) in [6.07, 6.45) is 1.22. The van der Waals surface area contributed by atoms with Gasteiger partial charge in [-0.15, -0.1) is 0 Å². The second-order valence-corrected chi connectivity index (χ2v) is 4.99. The molecule has 2 amide bonds. The van der Waals surface area contributed by atoms with E-state index in [-0.39, 0.29) is 13.0 Å². The maximum Gasteiger partial charge on any atom is 0.325 e. The Morgan fingerprint density at radius 2 is 2.42 bits per heavy atom. The topological polar surface area (TPSA) is 134 Å². The van der Waals surface area contributed by atoms with Crippen molar-refractivity contribution in [3.63, 3.8) is 0 Å². The van der Waals surface area contributed by atoms with Gasteiger partial charge in [0.2, 0.25) is 0 Å². The molecule has 5 atom stereocenters. The van der Waals surface area contributed by atoms with Crippen LogP contribution >= 0.6 is 0 Å². The van der Waals surface area contributed by atoms with E-state index in [1.165, 1.54) is 11.1 Å². The van der Waals surface area contributed by atoms with Gasteiger partial charge in [-0.05, 0) is 13.0 Å². The Balaban J connectivity index is 2.10. The molecule has 0 aromatic heterocycles. The van der Waals surface area contributed by atoms with Crippen molar-refractivity contribution in [3.05, 3.63) is 12.3 Å². The largest absolute Gasteiger partial charge is 0.394 e. The number of hydrogen-bond donors (Lipinski definition) is 5. The number of urea groups is 1. The van der Waals surface area contributed by atoms with Crippen LogP contribution in [0.3, 0.4) is 0 Å². The SMILES string of the molecule is CC(N)C1(N)C=CN([C@H]2C[C@H](O)[C@@H](CO)O2)C(=O)N1. The number of nitrogens with zero attached hydrogens (tertiary/aromatic N) is 1. The molecule has 0 aromatic carbocycles. The Morgan fingerprint density at radius 3 is 2.89 bits per heavy atom. The minimum absolute atomic E-state index is 0.235. The number of nitrogens with two attached hydrogens (primary N) is 2. The minimum Gasteiger partial charge on any atom is -0.394 e. The van der Waals surface area contributed by atoms with E-state index in [4.69, 9.17) is 21.3 Å². The highest BCUT2D eigenvalue weighted by Gasteiger charge is 2.42. The zero-order valence-electron chi connectivity index (χ0n) is 10.7. The zero-order chi connectivity index (χ0) is 14.2. The van der Waals surface area contributed by atoms with Crippen molar-refractivity contribution in [2.45, 2.75) is 43.5 Å². The quantitative estimate of drug-likeness (QED) is 0.403. The molecule has 8 nitrogen and oxygen atoms in total. The molecule has 2 aliphatic rings. The number of hydrogen-bond acceptors (Lipinski definition) is 6. The third-order valence-electron chi connectivity index (χ3n) is 3.52. The molecule has 1 saturated heterocycles. The second kappa shape index (κ2) is 5.06. The number of ether oxygens (including phenoxy) is 1. The molecule has 2 rings (SSSR count). The molecule has 0 saturated carbocycles. The molecule has 0 spiro atoms. The molecule has 19 heavy (non-hydrogen) atoms. The number of carbonyl (C=O) groups is 1. The van der Waals surface area contributed by atoms with Gasteiger partial charge in [0.25, 0.3) is 0 Å². The number of carbonyl (C=O) groups excluding carboxylic acids is 1. The summed E-state index contributed by atoms with van der Waals surface area (Å²) in [4.78, 5) is 13.3. The van der Waals surface area contributed by atoms with Gasteiger partial charge in [0.1, 0.15) is 18.0 Å². The lowest BCUT2D eigenvalue weighted by Crippen LogP contribution is -2.68. The maximum atomic E-state index is 12.0. The fourth-order valence-corrected chi connectivity index (χ4v) is 2.11. The summed E-state index contributed by atoms with van der Waals surface area (Å²) in [6.45, 7) is 1.40. The Hall–Kier alpha value is -1.19. The normalized spacial score (nSPS) is 40.4. The number of aliphatic hydroxyl groups is 2. The van der Waals surface area contributed by atoms with Gasteiger partial charge in [0, 0.05) is 18.7 Å². The molecule has 8 heteroatoms. The zero-order valence-corrected chi connectivity index (χ0v) is 10.7. The number of rotatable bonds is 3. The fourth-order valence-electron chi connectivity index (χ4n) is 2.11. The summed E-state index contributed by atoms with van der Waals surface area (Å²) in [6, 6.07) is -0.895. The summed E-state index contributed by atoms with van der Waals surface area (Å²) in [5.74, 6) is 0. The summed E-state index contributed by atoms with van der Waals surface area (Å²) in [5, 5.41) is 21.3. The van der Waals surface area contributed by atoms with Gasteiger partial charge in [-0.2, -0.15) is 0 Å². The third-order valence-corrected chi connectivity index (χ3v) is 3.52. The average molecular weight is 272 g/mol. The van der Waals surface area contributed by atoms with E-state index < -0.39 is 36.2 Å². The van der Waals surface area contributed by atoms with E-state index in [0.717, 1.165) is 0 Å². The molecular formula is C11H20N4O4. The van der Waals surface area contributed by atoms with Crippen LogP contribution in [0.15, 0.2) is 12.3 Å². The van der Waals surface area contributed by atoms with Crippen molar-refractivity contribution in [3.8, 4) is 0 Å². The van der Waals surface area contributed by atoms with Gasteiger partial charge in [0.15, 0.2) is 0 Å². The van der Waals surface area contributed by atoms with Gasteiger partial charge < -0.3 is 31.7 Å². The van der Waals surface area contributed by atoms with Gasteiger partial charge in [0.05, 0.1) is 12.7 Å². The molecule has 2 heterocycles. The van der Waals surface area contributed by atoms with Crippen molar-refractivity contribution < 1.29 is 19.7 Å². The van der Waals surface area contributed by atoms with Crippen LogP contribution in [0.1, 0.15) is 13.3 Å². The first-order chi connectivity index (χ1) is 8.87. The second-order valence-electron chi connectivity index (χ2n) is 4.99. The monoisotopic (exact) mass is 272 g/mol. The van der Waals surface area contributed by atoms with Gasteiger partial charge >= 0.3 is 6.03 Å². The number of aliphatic hydroxyl groups excluding tert-OH is 2. The van der Waals surface area contributed by atoms with E-state index in [2.05, 4.69) is 5.32 Å². The fraction of sp³-hybridized carbons (Fsp3) is 0.727. The third kappa shape index (κ3) is 2.58. The summed E-state index contributed by atoms with van der Waals surface area (Å²) in [5.41, 5.74) is 10.6. The van der Waals surface area contributed by atoms with Crippen molar-refractivity contribution in [1.82, 2.24) is 10.2 Å². The van der Waals surface area contributed by atoms with Crippen LogP contribution in [-0.4, -0.2) is 57.9 Å². The summed E-state index contributed by atoms with van der Waals surface area (Å²) < 4.78 is 5.40. The first-order valence-corrected chi connectivity index (χ1v) is 6.16. The highest BCUT2D eigenvalue weighted by Crippen LogP contribution is 2.25. The average Bonchev–Trinajstić information content (AvgIpc) is 2.70. The lowest BCUT2D eigenvalue weighted by Gasteiger charge is -2.39. The van der Waals surface area contributed by atoms with E-state index in [1.807, 2.05) is 0 Å². The van der Waals surface area contributed by atoms with Crippen molar-refractivity contribution >= 4 is 6.03 Å². The maximum absolute atomic E-state index is 12.0. The first kappa shape index (κ1) is 14.2. The van der Waals surface area contributed by atoms with Crippen LogP contribution in [0.5, 0.6) is 0 Å². The van der Waals surface area contributed by atoms with Gasteiger partial charge in [-0.25, -0.2) is 4.79 Å². The van der Waals surface area contributed by atoms with E-state index >= 15 is 0 Å². The van der Waals surface area contributed by atoms with Crippen LogP contribution in [0.2, 0.25) is 0 Å². The molecule has 0 bridgehead atoms. The smallest absolute Gasteiger partial charge is 0.325 e. The molecule has 2 aliphatic heterocycles. The molecule has 0 radical (unpaired) electrons. The van der Waals surface area contributed by atoms with Crippen molar-refractivity contribution in [2.75, 3.05) is 6.61 Å². The highest BCUT2D eigenvalue weighted by atomic mass is 16.5. The highest BCUT2D eigenvalue weighted by molar-refractivity contribution is 5.78. The molecule has 108 valence electrons. The molecule has 0 aliphatic carbocycles. The Kier molecular flexibility index (Phi) is 3.79. The lowest BCUT2D eigenvalue weighted by atomic mass is 10.0. The van der Waals surface area contributed by atoms with Crippen molar-refractivity contribution in [1.29, 1.82) is 0 Å². The number of nitrogens with one attached hydrogen (secondary N) is 1. The molecule has 1 fully saturated rings. The first-order valence-electron chi connectivity index (χ1n) is 6.16. The number of amides is 2. The molecular weight excluding hydrogens is 252 g/mol. The van der Waals surface area contributed by atoms with E-state index in [0.29, 0.717) is 0 Å². The van der Waals surface area contributed by atoms with E-state index in [9.17, 15) is 9.90 Å². The molecule has 0 aromatic rings. The Bertz CT molecular complexity index is 389. The molecule has 2 unspecified atom stereocenters. The predicted octanol–water partition coefficient (Wildman–Crippen LogP) is -2.00. The van der Waals surface area contributed by atoms with E-state index in [1.54, 1.807) is 13.0 Å². The Morgan fingerprint density at radius 1 is 1.74 bits per heavy atom. The van der Waals surface area contributed by atoms with Crippen molar-refractivity contribution in [2.24, 2.45) is 11.5 Å². The van der Waals surface area contributed by atoms with Crippen LogP contribution in [-0.2, 0) is 4.74 Å². The summed E-state index contributed by atoms with van der Waals surface area (Å²) in [7, 11) is 0. The predicted molar refractivity (Wildman–Crippen MR) is 66.4 cm³/mol. The van der Waals surface area contributed by atoms with Crippen LogP contribution in [0.4, 0.5) is 4.79 Å². The van der Waals surface area contributed by atoms with Crippen LogP contribution in [0, 0.1) is 0 Å².